The quantitative estimate of drug-likeness (QED) is 0.749. The van der Waals surface area contributed by atoms with Crippen molar-refractivity contribution in [3.63, 3.8) is 0 Å². The summed E-state index contributed by atoms with van der Waals surface area (Å²) in [4.78, 5) is 18.8. The van der Waals surface area contributed by atoms with E-state index in [0.717, 1.165) is 12.8 Å². The molecule has 9 heteroatoms. The number of para-hydroxylation sites is 1. The zero-order valence-electron chi connectivity index (χ0n) is 15.8. The lowest BCUT2D eigenvalue weighted by Crippen LogP contribution is -2.46. The van der Waals surface area contributed by atoms with Gasteiger partial charge in [-0.1, -0.05) is 18.2 Å². The Morgan fingerprint density at radius 3 is 2.54 bits per heavy atom. The number of carbonyl (C=O) groups excluding carboxylic acids is 1. The van der Waals surface area contributed by atoms with Crippen LogP contribution in [0.5, 0.6) is 5.75 Å². The van der Waals surface area contributed by atoms with E-state index in [9.17, 15) is 13.2 Å². The molecule has 2 aliphatic rings. The number of amides is 1. The SMILES string of the molecule is Cn1cnc(S(=O)(=O)N2C[C@@H](Oc3ccccc3)C[C@H]2C(=O)N2CCCC2)c1. The first-order valence-electron chi connectivity index (χ1n) is 9.45. The number of nitrogens with zero attached hydrogens (tertiary/aromatic N) is 4. The molecule has 28 heavy (non-hydrogen) atoms. The van der Waals surface area contributed by atoms with E-state index in [1.54, 1.807) is 16.5 Å². The second-order valence-electron chi connectivity index (χ2n) is 7.29. The Labute approximate surface area is 164 Å². The Kier molecular flexibility index (Phi) is 5.11. The zero-order valence-corrected chi connectivity index (χ0v) is 16.6. The van der Waals surface area contributed by atoms with Crippen LogP contribution in [0.1, 0.15) is 19.3 Å². The van der Waals surface area contributed by atoms with Crippen LogP contribution in [0.15, 0.2) is 47.9 Å². The van der Waals surface area contributed by atoms with Crippen LogP contribution in [0, 0.1) is 0 Å². The van der Waals surface area contributed by atoms with Crippen LogP contribution < -0.4 is 4.74 Å². The standard InChI is InChI=1S/C19H24N4O4S/c1-21-13-18(20-14-21)28(25,26)23-12-16(27-15-7-3-2-4-8-15)11-17(23)19(24)22-9-5-6-10-22/h2-4,7-8,13-14,16-17H,5-6,9-12H2,1H3/t16-,17-/m0/s1. The van der Waals surface area contributed by atoms with E-state index < -0.39 is 22.2 Å². The van der Waals surface area contributed by atoms with Gasteiger partial charge in [-0.2, -0.15) is 4.31 Å². The third-order valence-corrected chi connectivity index (χ3v) is 6.98. The lowest BCUT2D eigenvalue weighted by Gasteiger charge is -2.26. The maximum atomic E-state index is 13.2. The molecule has 4 rings (SSSR count). The summed E-state index contributed by atoms with van der Waals surface area (Å²) in [5, 5.41) is -0.0467. The molecule has 2 aromatic rings. The number of benzene rings is 1. The predicted molar refractivity (Wildman–Crippen MR) is 102 cm³/mol. The molecule has 0 spiro atoms. The van der Waals surface area contributed by atoms with E-state index in [0.29, 0.717) is 25.3 Å². The molecular weight excluding hydrogens is 380 g/mol. The van der Waals surface area contributed by atoms with E-state index in [-0.39, 0.29) is 17.5 Å². The van der Waals surface area contributed by atoms with Crippen molar-refractivity contribution < 1.29 is 17.9 Å². The fraction of sp³-hybridized carbons (Fsp3) is 0.474. The zero-order chi connectivity index (χ0) is 19.7. The molecule has 0 bridgehead atoms. The van der Waals surface area contributed by atoms with Gasteiger partial charge in [-0.05, 0) is 25.0 Å². The number of aryl methyl sites for hydroxylation is 1. The van der Waals surface area contributed by atoms with E-state index >= 15 is 0 Å². The van der Waals surface area contributed by atoms with Crippen molar-refractivity contribution in [3.8, 4) is 5.75 Å². The normalized spacial score (nSPS) is 23.2. The van der Waals surface area contributed by atoms with Crippen molar-refractivity contribution in [2.45, 2.75) is 36.4 Å². The molecule has 0 aliphatic carbocycles. The minimum Gasteiger partial charge on any atom is -0.489 e. The van der Waals surface area contributed by atoms with E-state index in [4.69, 9.17) is 4.74 Å². The topological polar surface area (TPSA) is 84.7 Å². The highest BCUT2D eigenvalue weighted by Gasteiger charge is 2.47. The van der Waals surface area contributed by atoms with Crippen LogP contribution in [-0.2, 0) is 21.9 Å². The first-order valence-corrected chi connectivity index (χ1v) is 10.9. The van der Waals surface area contributed by atoms with Crippen LogP contribution in [-0.4, -0.2) is 64.9 Å². The van der Waals surface area contributed by atoms with Gasteiger partial charge in [0.25, 0.3) is 10.0 Å². The number of rotatable bonds is 5. The van der Waals surface area contributed by atoms with Gasteiger partial charge in [-0.3, -0.25) is 4.79 Å². The van der Waals surface area contributed by atoms with Crippen LogP contribution in [0.4, 0.5) is 0 Å². The lowest BCUT2D eigenvalue weighted by atomic mass is 10.2. The summed E-state index contributed by atoms with van der Waals surface area (Å²) in [6.45, 7) is 1.48. The smallest absolute Gasteiger partial charge is 0.262 e. The van der Waals surface area contributed by atoms with Crippen LogP contribution in [0.25, 0.3) is 0 Å². The third kappa shape index (κ3) is 3.64. The molecule has 1 aromatic carbocycles. The number of ether oxygens (including phenoxy) is 1. The number of hydrogen-bond acceptors (Lipinski definition) is 5. The third-order valence-electron chi connectivity index (χ3n) is 5.22. The van der Waals surface area contributed by atoms with Gasteiger partial charge in [-0.15, -0.1) is 0 Å². The number of hydrogen-bond donors (Lipinski definition) is 0. The number of carbonyl (C=O) groups is 1. The summed E-state index contributed by atoms with van der Waals surface area (Å²) in [5.41, 5.74) is 0. The van der Waals surface area contributed by atoms with Crippen molar-refractivity contribution in [1.82, 2.24) is 18.8 Å². The molecule has 0 N–H and O–H groups in total. The van der Waals surface area contributed by atoms with Gasteiger partial charge in [0.05, 0.1) is 12.9 Å². The summed E-state index contributed by atoms with van der Waals surface area (Å²) in [6, 6.07) is 8.50. The fourth-order valence-electron chi connectivity index (χ4n) is 3.83. The number of likely N-dealkylation sites (tertiary alicyclic amines) is 1. The average Bonchev–Trinajstić information content (AvgIpc) is 3.43. The summed E-state index contributed by atoms with van der Waals surface area (Å²) >= 11 is 0. The van der Waals surface area contributed by atoms with Gasteiger partial charge in [0, 0.05) is 32.8 Å². The summed E-state index contributed by atoms with van der Waals surface area (Å²) < 4.78 is 35.2. The molecular formula is C19H24N4O4S. The van der Waals surface area contributed by atoms with Crippen LogP contribution >= 0.6 is 0 Å². The van der Waals surface area contributed by atoms with Crippen molar-refractivity contribution in [2.75, 3.05) is 19.6 Å². The van der Waals surface area contributed by atoms with Crippen molar-refractivity contribution in [1.29, 1.82) is 0 Å². The molecule has 2 fully saturated rings. The van der Waals surface area contributed by atoms with E-state index in [1.807, 2.05) is 30.3 Å². The minimum absolute atomic E-state index is 0.0467. The second kappa shape index (κ2) is 7.56. The highest BCUT2D eigenvalue weighted by atomic mass is 32.2. The number of aromatic nitrogens is 2. The Bertz CT molecular complexity index is 938. The molecule has 1 amide bonds. The van der Waals surface area contributed by atoms with Gasteiger partial charge in [0.1, 0.15) is 17.9 Å². The summed E-state index contributed by atoms with van der Waals surface area (Å²) in [6.07, 6.45) is 4.75. The molecule has 3 heterocycles. The molecule has 150 valence electrons. The highest BCUT2D eigenvalue weighted by molar-refractivity contribution is 7.89. The van der Waals surface area contributed by atoms with Crippen molar-refractivity contribution in [3.05, 3.63) is 42.9 Å². The summed E-state index contributed by atoms with van der Waals surface area (Å²) in [5.74, 6) is 0.521. The second-order valence-corrected chi connectivity index (χ2v) is 9.13. The first-order chi connectivity index (χ1) is 13.4. The Morgan fingerprint density at radius 2 is 1.89 bits per heavy atom. The molecule has 2 atom stereocenters. The minimum atomic E-state index is -3.89. The van der Waals surface area contributed by atoms with Gasteiger partial charge >= 0.3 is 0 Å². The average molecular weight is 404 g/mol. The first kappa shape index (κ1) is 18.9. The van der Waals surface area contributed by atoms with Gasteiger partial charge in [0.2, 0.25) is 5.91 Å². The molecule has 0 saturated carbocycles. The molecule has 2 saturated heterocycles. The molecule has 8 nitrogen and oxygen atoms in total. The molecule has 2 aliphatic heterocycles. The molecule has 1 aromatic heterocycles. The maximum absolute atomic E-state index is 13.2. The van der Waals surface area contributed by atoms with Crippen LogP contribution in [0.3, 0.4) is 0 Å². The fourth-order valence-corrected chi connectivity index (χ4v) is 5.42. The van der Waals surface area contributed by atoms with Gasteiger partial charge < -0.3 is 14.2 Å². The Morgan fingerprint density at radius 1 is 1.18 bits per heavy atom. The van der Waals surface area contributed by atoms with Gasteiger partial charge in [-0.25, -0.2) is 13.4 Å². The summed E-state index contributed by atoms with van der Waals surface area (Å²) in [7, 11) is -2.18. The lowest BCUT2D eigenvalue weighted by molar-refractivity contribution is -0.133. The van der Waals surface area contributed by atoms with Crippen molar-refractivity contribution in [2.24, 2.45) is 7.05 Å². The van der Waals surface area contributed by atoms with E-state index in [2.05, 4.69) is 4.98 Å². The van der Waals surface area contributed by atoms with Crippen molar-refractivity contribution >= 4 is 15.9 Å². The van der Waals surface area contributed by atoms with Crippen LogP contribution in [0.2, 0.25) is 0 Å². The number of sulfonamides is 1. The maximum Gasteiger partial charge on any atom is 0.262 e. The number of imidazole rings is 1. The Balaban J connectivity index is 1.61. The Hall–Kier alpha value is -2.39. The predicted octanol–water partition coefficient (Wildman–Crippen LogP) is 1.25. The largest absolute Gasteiger partial charge is 0.489 e. The molecule has 0 unspecified atom stereocenters. The van der Waals surface area contributed by atoms with E-state index in [1.165, 1.54) is 16.8 Å². The highest BCUT2D eigenvalue weighted by Crippen LogP contribution is 2.30. The monoisotopic (exact) mass is 404 g/mol. The van der Waals surface area contributed by atoms with Gasteiger partial charge in [0.15, 0.2) is 5.03 Å². The molecule has 0 radical (unpaired) electrons.